The van der Waals surface area contributed by atoms with E-state index in [1.165, 1.54) is 5.56 Å². The summed E-state index contributed by atoms with van der Waals surface area (Å²) in [4.78, 5) is 0. The topological polar surface area (TPSA) is 54.7 Å². The molecule has 0 saturated carbocycles. The highest BCUT2D eigenvalue weighted by Crippen LogP contribution is 2.22. The van der Waals surface area contributed by atoms with Gasteiger partial charge < -0.3 is 5.73 Å². The maximum absolute atomic E-state index is 5.47. The minimum Gasteiger partial charge on any atom is -0.330 e. The molecule has 0 aliphatic carbocycles. The van der Waals surface area contributed by atoms with Crippen LogP contribution in [0.2, 0.25) is 0 Å². The highest BCUT2D eigenvalue weighted by Gasteiger charge is 2.03. The molecule has 2 rings (SSSR count). The summed E-state index contributed by atoms with van der Waals surface area (Å²) in [5.41, 5.74) is 7.82. The lowest BCUT2D eigenvalue weighted by Crippen LogP contribution is -1.98. The van der Waals surface area contributed by atoms with Gasteiger partial charge in [0.1, 0.15) is 4.60 Å². The number of benzene rings is 1. The van der Waals surface area contributed by atoms with Gasteiger partial charge in [-0.3, -0.25) is 5.10 Å². The fraction of sp³-hybridized carbons (Fsp3) is 0.364. The molecule has 0 aliphatic rings. The highest BCUT2D eigenvalue weighted by molar-refractivity contribution is 9.10. The Morgan fingerprint density at radius 3 is 3.00 bits per heavy atom. The first-order chi connectivity index (χ1) is 7.31. The van der Waals surface area contributed by atoms with Gasteiger partial charge in [0.2, 0.25) is 0 Å². The molecule has 3 N–H and O–H groups in total. The highest BCUT2D eigenvalue weighted by atomic mass is 79.9. The Balaban J connectivity index is 2.18. The Hall–Kier alpha value is -0.870. The zero-order chi connectivity index (χ0) is 10.7. The smallest absolute Gasteiger partial charge is 0.108 e. The van der Waals surface area contributed by atoms with Crippen molar-refractivity contribution in [2.75, 3.05) is 6.54 Å². The van der Waals surface area contributed by atoms with Crippen molar-refractivity contribution in [2.24, 2.45) is 5.73 Å². The van der Waals surface area contributed by atoms with E-state index in [4.69, 9.17) is 5.73 Å². The lowest BCUT2D eigenvalue weighted by molar-refractivity contribution is 0.745. The molecular formula is C11H14BrN3. The number of fused-ring (bicyclic) bond motifs is 1. The largest absolute Gasteiger partial charge is 0.330 e. The van der Waals surface area contributed by atoms with Crippen LogP contribution in [0.15, 0.2) is 22.8 Å². The Morgan fingerprint density at radius 2 is 2.20 bits per heavy atom. The molecule has 0 bridgehead atoms. The molecule has 0 spiro atoms. The SMILES string of the molecule is NCCCCc1ccc2n[nH]c(Br)c2c1. The third-order valence-corrected chi connectivity index (χ3v) is 3.10. The maximum Gasteiger partial charge on any atom is 0.108 e. The zero-order valence-corrected chi connectivity index (χ0v) is 10.0. The van der Waals surface area contributed by atoms with Crippen molar-refractivity contribution in [2.45, 2.75) is 19.3 Å². The zero-order valence-electron chi connectivity index (χ0n) is 8.46. The van der Waals surface area contributed by atoms with Gasteiger partial charge in [0.25, 0.3) is 0 Å². The van der Waals surface area contributed by atoms with E-state index in [-0.39, 0.29) is 0 Å². The molecule has 80 valence electrons. The Morgan fingerprint density at radius 1 is 1.33 bits per heavy atom. The molecular weight excluding hydrogens is 254 g/mol. The summed E-state index contributed by atoms with van der Waals surface area (Å²) in [7, 11) is 0. The molecule has 0 amide bonds. The quantitative estimate of drug-likeness (QED) is 0.837. The first kappa shape index (κ1) is 10.6. The summed E-state index contributed by atoms with van der Waals surface area (Å²) in [6.07, 6.45) is 3.33. The number of aromatic amines is 1. The van der Waals surface area contributed by atoms with Crippen molar-refractivity contribution < 1.29 is 0 Å². The normalized spacial score (nSPS) is 11.1. The van der Waals surface area contributed by atoms with Gasteiger partial charge in [-0.2, -0.15) is 5.10 Å². The van der Waals surface area contributed by atoms with E-state index in [9.17, 15) is 0 Å². The lowest BCUT2D eigenvalue weighted by Gasteiger charge is -2.00. The van der Waals surface area contributed by atoms with Gasteiger partial charge in [0.05, 0.1) is 5.52 Å². The van der Waals surface area contributed by atoms with Crippen LogP contribution in [0.4, 0.5) is 0 Å². The molecule has 0 saturated heterocycles. The van der Waals surface area contributed by atoms with Crippen molar-refractivity contribution in [1.29, 1.82) is 0 Å². The van der Waals surface area contributed by atoms with Gasteiger partial charge in [-0.05, 0) is 59.4 Å². The summed E-state index contributed by atoms with van der Waals surface area (Å²) < 4.78 is 0.957. The van der Waals surface area contributed by atoms with Gasteiger partial charge in [-0.1, -0.05) is 6.07 Å². The van der Waals surface area contributed by atoms with Crippen LogP contribution in [0, 0.1) is 0 Å². The molecule has 0 radical (unpaired) electrons. The van der Waals surface area contributed by atoms with Crippen LogP contribution >= 0.6 is 15.9 Å². The van der Waals surface area contributed by atoms with E-state index in [2.05, 4.69) is 38.3 Å². The monoisotopic (exact) mass is 267 g/mol. The van der Waals surface area contributed by atoms with Crippen LogP contribution in [0.5, 0.6) is 0 Å². The Bertz CT molecular complexity index is 450. The number of aromatic nitrogens is 2. The Labute approximate surface area is 97.2 Å². The van der Waals surface area contributed by atoms with Crippen LogP contribution in [-0.4, -0.2) is 16.7 Å². The van der Waals surface area contributed by atoms with Gasteiger partial charge >= 0.3 is 0 Å². The van der Waals surface area contributed by atoms with E-state index in [1.807, 2.05) is 6.07 Å². The maximum atomic E-state index is 5.47. The van der Waals surface area contributed by atoms with E-state index in [1.54, 1.807) is 0 Å². The standard InChI is InChI=1S/C11H14BrN3/c12-11-9-7-8(3-1-2-6-13)4-5-10(9)14-15-11/h4-5,7H,1-3,6,13H2,(H,14,15). The number of rotatable bonds is 4. The minimum atomic E-state index is 0.775. The molecule has 2 aromatic rings. The van der Waals surface area contributed by atoms with Crippen LogP contribution < -0.4 is 5.73 Å². The second-order valence-corrected chi connectivity index (χ2v) is 4.43. The van der Waals surface area contributed by atoms with Crippen molar-refractivity contribution in [1.82, 2.24) is 10.2 Å². The molecule has 1 aromatic heterocycles. The first-order valence-electron chi connectivity index (χ1n) is 5.14. The average Bonchev–Trinajstić information content (AvgIpc) is 2.61. The molecule has 1 heterocycles. The van der Waals surface area contributed by atoms with E-state index >= 15 is 0 Å². The number of nitrogens with zero attached hydrogens (tertiary/aromatic N) is 1. The number of nitrogens with one attached hydrogen (secondary N) is 1. The predicted octanol–water partition coefficient (Wildman–Crippen LogP) is 2.61. The van der Waals surface area contributed by atoms with Gasteiger partial charge in [-0.15, -0.1) is 0 Å². The summed E-state index contributed by atoms with van der Waals surface area (Å²) in [6.45, 7) is 0.775. The van der Waals surface area contributed by atoms with Gasteiger partial charge in [0, 0.05) is 5.39 Å². The third kappa shape index (κ3) is 2.38. The average molecular weight is 268 g/mol. The number of hydrogen-bond acceptors (Lipinski definition) is 2. The molecule has 0 aliphatic heterocycles. The molecule has 0 atom stereocenters. The summed E-state index contributed by atoms with van der Waals surface area (Å²) in [5, 5.41) is 8.23. The fourth-order valence-corrected chi connectivity index (χ4v) is 2.06. The molecule has 1 aromatic carbocycles. The molecule has 4 heteroatoms. The van der Waals surface area contributed by atoms with E-state index in [0.717, 1.165) is 41.3 Å². The summed E-state index contributed by atoms with van der Waals surface area (Å²) in [5.74, 6) is 0. The molecule has 0 unspecified atom stereocenters. The Kier molecular flexibility index (Phi) is 3.38. The van der Waals surface area contributed by atoms with Crippen LogP contribution in [0.3, 0.4) is 0 Å². The van der Waals surface area contributed by atoms with E-state index < -0.39 is 0 Å². The number of nitrogens with two attached hydrogens (primary N) is 1. The minimum absolute atomic E-state index is 0.775. The van der Waals surface area contributed by atoms with Crippen molar-refractivity contribution in [3.63, 3.8) is 0 Å². The lowest BCUT2D eigenvalue weighted by atomic mass is 10.1. The number of aryl methyl sites for hydroxylation is 1. The van der Waals surface area contributed by atoms with Crippen molar-refractivity contribution in [3.8, 4) is 0 Å². The summed E-state index contributed by atoms with van der Waals surface area (Å²) in [6, 6.07) is 6.36. The number of unbranched alkanes of at least 4 members (excludes halogenated alkanes) is 1. The molecule has 15 heavy (non-hydrogen) atoms. The molecule has 0 fully saturated rings. The number of H-pyrrole nitrogens is 1. The third-order valence-electron chi connectivity index (χ3n) is 2.49. The first-order valence-corrected chi connectivity index (χ1v) is 5.93. The van der Waals surface area contributed by atoms with E-state index in [0.29, 0.717) is 0 Å². The fourth-order valence-electron chi connectivity index (χ4n) is 1.65. The summed E-state index contributed by atoms with van der Waals surface area (Å²) >= 11 is 3.44. The van der Waals surface area contributed by atoms with Gasteiger partial charge in [-0.25, -0.2) is 0 Å². The van der Waals surface area contributed by atoms with Gasteiger partial charge in [0.15, 0.2) is 0 Å². The predicted molar refractivity (Wildman–Crippen MR) is 65.8 cm³/mol. The second-order valence-electron chi connectivity index (χ2n) is 3.63. The second kappa shape index (κ2) is 4.77. The molecule has 3 nitrogen and oxygen atoms in total. The van der Waals surface area contributed by atoms with Crippen LogP contribution in [0.25, 0.3) is 10.9 Å². The van der Waals surface area contributed by atoms with Crippen LogP contribution in [-0.2, 0) is 6.42 Å². The van der Waals surface area contributed by atoms with Crippen LogP contribution in [0.1, 0.15) is 18.4 Å². The van der Waals surface area contributed by atoms with Crippen molar-refractivity contribution in [3.05, 3.63) is 28.4 Å². The number of halogens is 1. The number of hydrogen-bond donors (Lipinski definition) is 2. The van der Waals surface area contributed by atoms with Crippen molar-refractivity contribution >= 4 is 26.8 Å².